The van der Waals surface area contributed by atoms with Gasteiger partial charge >= 0.3 is 0 Å². The van der Waals surface area contributed by atoms with Crippen molar-refractivity contribution >= 4 is 29.0 Å². The van der Waals surface area contributed by atoms with Crippen LogP contribution in [0.25, 0.3) is 0 Å². The van der Waals surface area contributed by atoms with Crippen LogP contribution in [0.1, 0.15) is 32.1 Å². The van der Waals surface area contributed by atoms with Gasteiger partial charge in [0.25, 0.3) is 5.91 Å². The average molecular weight is 390 g/mol. The van der Waals surface area contributed by atoms with Gasteiger partial charge in [-0.3, -0.25) is 14.5 Å². The fraction of sp³-hybridized carbons (Fsp3) is 0.300. The molecule has 1 aromatic heterocycles. The number of aliphatic hydroxyl groups excluding tert-OH is 1. The van der Waals surface area contributed by atoms with Crippen LogP contribution >= 0.6 is 11.6 Å². The molecule has 1 aliphatic heterocycles. The van der Waals surface area contributed by atoms with E-state index in [1.54, 1.807) is 30.3 Å². The second-order valence-corrected chi connectivity index (χ2v) is 7.10. The second kappa shape index (κ2) is 7.48. The van der Waals surface area contributed by atoms with E-state index in [1.165, 1.54) is 18.3 Å². The quantitative estimate of drug-likeness (QED) is 0.789. The van der Waals surface area contributed by atoms with E-state index in [0.717, 1.165) is 0 Å². The predicted molar refractivity (Wildman–Crippen MR) is 101 cm³/mol. The lowest BCUT2D eigenvalue weighted by Crippen LogP contribution is -2.30. The number of amides is 1. The van der Waals surface area contributed by atoms with E-state index in [2.05, 4.69) is 0 Å². The van der Waals surface area contributed by atoms with E-state index in [9.17, 15) is 14.7 Å². The number of furan rings is 1. The van der Waals surface area contributed by atoms with E-state index in [-0.39, 0.29) is 23.7 Å². The molecule has 0 bridgehead atoms. The number of benzene rings is 1. The van der Waals surface area contributed by atoms with Gasteiger partial charge in [-0.05, 0) is 36.2 Å². The van der Waals surface area contributed by atoms with E-state index in [0.29, 0.717) is 22.2 Å². The van der Waals surface area contributed by atoms with Crippen LogP contribution in [0.5, 0.6) is 5.75 Å². The first kappa shape index (κ1) is 19.0. The smallest absolute Gasteiger partial charge is 0.294 e. The highest BCUT2D eigenvalue weighted by Crippen LogP contribution is 2.43. The number of methoxy groups -OCH3 is 1. The molecule has 7 heteroatoms. The van der Waals surface area contributed by atoms with Gasteiger partial charge in [0.2, 0.25) is 0 Å². The largest absolute Gasteiger partial charge is 0.503 e. The third-order valence-electron chi connectivity index (χ3n) is 4.33. The van der Waals surface area contributed by atoms with Gasteiger partial charge in [0.05, 0.1) is 24.0 Å². The van der Waals surface area contributed by atoms with Crippen molar-refractivity contribution in [3.8, 4) is 5.75 Å². The number of nitrogens with zero attached hydrogens (tertiary/aromatic N) is 1. The summed E-state index contributed by atoms with van der Waals surface area (Å²) >= 11 is 6.20. The molecule has 0 fully saturated rings. The minimum atomic E-state index is -0.858. The van der Waals surface area contributed by atoms with Crippen molar-refractivity contribution < 1.29 is 23.8 Å². The van der Waals surface area contributed by atoms with Crippen LogP contribution in [0.2, 0.25) is 5.02 Å². The van der Waals surface area contributed by atoms with Crippen LogP contribution in [0.3, 0.4) is 0 Å². The van der Waals surface area contributed by atoms with Crippen molar-refractivity contribution in [3.05, 3.63) is 58.7 Å². The number of halogens is 1. The van der Waals surface area contributed by atoms with Crippen LogP contribution in [-0.2, 0) is 9.59 Å². The lowest BCUT2D eigenvalue weighted by molar-refractivity contribution is -0.118. The molecule has 0 spiro atoms. The molecule has 0 saturated heterocycles. The Morgan fingerprint density at radius 2 is 2.11 bits per heavy atom. The first-order valence-electron chi connectivity index (χ1n) is 8.52. The molecule has 1 N–H and O–H groups in total. The monoisotopic (exact) mass is 389 g/mol. The number of aliphatic hydroxyl groups is 1. The SMILES string of the molecule is COc1ccc(N2C(=O)C(O)=C(C(=O)CC(C)C)C2c2ccco2)cc1Cl. The van der Waals surface area contributed by atoms with Crippen LogP contribution in [0.15, 0.2) is 52.3 Å². The lowest BCUT2D eigenvalue weighted by atomic mass is 9.95. The minimum Gasteiger partial charge on any atom is -0.503 e. The maximum Gasteiger partial charge on any atom is 0.294 e. The Morgan fingerprint density at radius 1 is 1.37 bits per heavy atom. The van der Waals surface area contributed by atoms with Gasteiger partial charge in [0.15, 0.2) is 11.5 Å². The van der Waals surface area contributed by atoms with Crippen LogP contribution in [0.4, 0.5) is 5.69 Å². The summed E-state index contributed by atoms with van der Waals surface area (Å²) in [5, 5.41) is 10.8. The number of ether oxygens (including phenoxy) is 1. The normalized spacial score (nSPS) is 17.1. The van der Waals surface area contributed by atoms with Crippen molar-refractivity contribution in [2.45, 2.75) is 26.3 Å². The van der Waals surface area contributed by atoms with Crippen LogP contribution in [0, 0.1) is 5.92 Å². The summed E-state index contributed by atoms with van der Waals surface area (Å²) in [7, 11) is 1.49. The molecule has 2 heterocycles. The first-order valence-corrected chi connectivity index (χ1v) is 8.89. The van der Waals surface area contributed by atoms with Crippen LogP contribution in [-0.4, -0.2) is 23.9 Å². The zero-order valence-corrected chi connectivity index (χ0v) is 16.0. The molecule has 0 saturated carbocycles. The van der Waals surface area contributed by atoms with E-state index < -0.39 is 17.7 Å². The van der Waals surface area contributed by atoms with Gasteiger partial charge in [0, 0.05) is 12.1 Å². The van der Waals surface area contributed by atoms with E-state index in [1.807, 2.05) is 13.8 Å². The molecule has 1 amide bonds. The highest BCUT2D eigenvalue weighted by atomic mass is 35.5. The Morgan fingerprint density at radius 3 is 2.67 bits per heavy atom. The van der Waals surface area contributed by atoms with Gasteiger partial charge in [-0.1, -0.05) is 25.4 Å². The predicted octanol–water partition coefficient (Wildman–Crippen LogP) is 4.46. The van der Waals surface area contributed by atoms with Crippen molar-refractivity contribution in [3.63, 3.8) is 0 Å². The topological polar surface area (TPSA) is 80.0 Å². The summed E-state index contributed by atoms with van der Waals surface area (Å²) in [5.41, 5.74) is 0.460. The molecular formula is C20H20ClNO5. The molecule has 1 atom stereocenters. The number of hydrogen-bond acceptors (Lipinski definition) is 5. The maximum atomic E-state index is 12.8. The Bertz CT molecular complexity index is 901. The van der Waals surface area contributed by atoms with E-state index in [4.69, 9.17) is 20.8 Å². The van der Waals surface area contributed by atoms with E-state index >= 15 is 0 Å². The molecule has 0 radical (unpaired) electrons. The summed E-state index contributed by atoms with van der Waals surface area (Å²) in [4.78, 5) is 26.9. The molecule has 1 unspecified atom stereocenters. The molecule has 6 nitrogen and oxygen atoms in total. The zero-order valence-electron chi connectivity index (χ0n) is 15.2. The Hall–Kier alpha value is -2.73. The summed E-state index contributed by atoms with van der Waals surface area (Å²) in [6.45, 7) is 3.80. The molecule has 1 aliphatic rings. The average Bonchev–Trinajstić information content (AvgIpc) is 3.21. The van der Waals surface area contributed by atoms with Gasteiger partial charge in [-0.25, -0.2) is 0 Å². The third kappa shape index (κ3) is 3.45. The van der Waals surface area contributed by atoms with Crippen molar-refractivity contribution in [1.29, 1.82) is 0 Å². The molecule has 3 rings (SSSR count). The number of carbonyl (C=O) groups is 2. The third-order valence-corrected chi connectivity index (χ3v) is 4.62. The summed E-state index contributed by atoms with van der Waals surface area (Å²) in [5.74, 6) is -0.617. The van der Waals surface area contributed by atoms with Gasteiger partial charge in [-0.2, -0.15) is 0 Å². The second-order valence-electron chi connectivity index (χ2n) is 6.70. The van der Waals surface area contributed by atoms with Crippen molar-refractivity contribution in [2.24, 2.45) is 5.92 Å². The van der Waals surface area contributed by atoms with Gasteiger partial charge < -0.3 is 14.3 Å². The van der Waals surface area contributed by atoms with Gasteiger partial charge in [-0.15, -0.1) is 0 Å². The number of ketones is 1. The highest BCUT2D eigenvalue weighted by molar-refractivity contribution is 6.32. The van der Waals surface area contributed by atoms with Crippen molar-refractivity contribution in [2.75, 3.05) is 12.0 Å². The first-order chi connectivity index (χ1) is 12.8. The summed E-state index contributed by atoms with van der Waals surface area (Å²) < 4.78 is 10.6. The molecule has 142 valence electrons. The summed E-state index contributed by atoms with van der Waals surface area (Å²) in [6, 6.07) is 7.29. The number of hydrogen-bond donors (Lipinski definition) is 1. The molecule has 27 heavy (non-hydrogen) atoms. The molecule has 2 aromatic rings. The standard InChI is InChI=1S/C20H20ClNO5/c1-11(2)9-14(23)17-18(16-5-4-8-27-16)22(20(25)19(17)24)12-6-7-15(26-3)13(21)10-12/h4-8,10-11,18,24H,9H2,1-3H3. The fourth-order valence-corrected chi connectivity index (χ4v) is 3.41. The van der Waals surface area contributed by atoms with Gasteiger partial charge in [0.1, 0.15) is 17.6 Å². The number of rotatable bonds is 6. The maximum absolute atomic E-state index is 12.8. The fourth-order valence-electron chi connectivity index (χ4n) is 3.16. The number of anilines is 1. The Kier molecular flexibility index (Phi) is 5.28. The number of Topliss-reactive ketones (excluding diaryl/α,β-unsaturated/α-hetero) is 1. The number of carbonyl (C=O) groups excluding carboxylic acids is 2. The molecular weight excluding hydrogens is 370 g/mol. The van der Waals surface area contributed by atoms with Crippen LogP contribution < -0.4 is 9.64 Å². The molecule has 1 aromatic carbocycles. The highest BCUT2D eigenvalue weighted by Gasteiger charge is 2.45. The zero-order chi connectivity index (χ0) is 19.7. The summed E-state index contributed by atoms with van der Waals surface area (Å²) in [6.07, 6.45) is 1.67. The van der Waals surface area contributed by atoms with Crippen molar-refractivity contribution in [1.82, 2.24) is 0 Å². The molecule has 0 aliphatic carbocycles. The Labute approximate surface area is 162 Å². The lowest BCUT2D eigenvalue weighted by Gasteiger charge is -2.25. The Balaban J connectivity index is 2.10. The minimum absolute atomic E-state index is 0.0376.